The second-order valence-electron chi connectivity index (χ2n) is 2.48. The monoisotopic (exact) mass is 188 g/mol. The molecule has 0 aliphatic carbocycles. The van der Waals surface area contributed by atoms with Crippen LogP contribution in [0.2, 0.25) is 0 Å². The van der Waals surface area contributed by atoms with Gasteiger partial charge in [-0.2, -0.15) is 0 Å². The summed E-state index contributed by atoms with van der Waals surface area (Å²) >= 11 is 1.66. The van der Waals surface area contributed by atoms with Gasteiger partial charge in [-0.3, -0.25) is 9.97 Å². The molecule has 0 saturated carbocycles. The first kappa shape index (κ1) is 8.26. The molecule has 2 nitrogen and oxygen atoms in total. The molecular weight excluding hydrogens is 180 g/mol. The molecule has 0 bridgehead atoms. The van der Waals surface area contributed by atoms with Gasteiger partial charge in [0.25, 0.3) is 0 Å². The highest BCUT2D eigenvalue weighted by Gasteiger charge is 1.94. The summed E-state index contributed by atoms with van der Waals surface area (Å²) in [6.07, 6.45) is 7.23. The first-order valence-corrected chi connectivity index (χ1v) is 4.75. The minimum absolute atomic E-state index is 1.13. The topological polar surface area (TPSA) is 25.8 Å². The molecule has 0 saturated heterocycles. The van der Waals surface area contributed by atoms with Gasteiger partial charge in [0, 0.05) is 34.6 Å². The smallest absolute Gasteiger partial charge is 0.0407 e. The summed E-state index contributed by atoms with van der Waals surface area (Å²) in [6.45, 7) is 0. The lowest BCUT2D eigenvalue weighted by molar-refractivity contribution is 1.21. The maximum Gasteiger partial charge on any atom is 0.0407 e. The first-order chi connectivity index (χ1) is 6.45. The molecule has 0 amide bonds. The van der Waals surface area contributed by atoms with Crippen molar-refractivity contribution in [2.45, 2.75) is 9.79 Å². The van der Waals surface area contributed by atoms with Crippen LogP contribution >= 0.6 is 11.8 Å². The molecule has 3 heteroatoms. The summed E-state index contributed by atoms with van der Waals surface area (Å²) in [5.74, 6) is 0. The van der Waals surface area contributed by atoms with Crippen LogP contribution in [-0.2, 0) is 0 Å². The lowest BCUT2D eigenvalue weighted by Gasteiger charge is -1.98. The van der Waals surface area contributed by atoms with E-state index in [1.54, 1.807) is 24.2 Å². The van der Waals surface area contributed by atoms with Crippen molar-refractivity contribution in [1.82, 2.24) is 9.97 Å². The van der Waals surface area contributed by atoms with Gasteiger partial charge in [0.05, 0.1) is 0 Å². The number of aromatic nitrogens is 2. The van der Waals surface area contributed by atoms with Gasteiger partial charge in [-0.1, -0.05) is 11.8 Å². The van der Waals surface area contributed by atoms with E-state index < -0.39 is 0 Å². The Morgan fingerprint density at radius 1 is 0.846 bits per heavy atom. The van der Waals surface area contributed by atoms with Crippen molar-refractivity contribution in [3.63, 3.8) is 0 Å². The van der Waals surface area contributed by atoms with Gasteiger partial charge in [0.2, 0.25) is 0 Å². The Morgan fingerprint density at radius 3 is 1.77 bits per heavy atom. The van der Waals surface area contributed by atoms with Crippen molar-refractivity contribution >= 4 is 11.8 Å². The van der Waals surface area contributed by atoms with Gasteiger partial charge in [0.1, 0.15) is 0 Å². The molecule has 0 radical (unpaired) electrons. The lowest BCUT2D eigenvalue weighted by atomic mass is 10.5. The molecule has 0 N–H and O–H groups in total. The Morgan fingerprint density at radius 2 is 1.38 bits per heavy atom. The van der Waals surface area contributed by atoms with Crippen LogP contribution in [0.3, 0.4) is 0 Å². The van der Waals surface area contributed by atoms with E-state index in [4.69, 9.17) is 0 Å². The number of hydrogen-bond donors (Lipinski definition) is 0. The second kappa shape index (κ2) is 4.05. The highest BCUT2D eigenvalue weighted by molar-refractivity contribution is 7.99. The van der Waals surface area contributed by atoms with Gasteiger partial charge in [-0.15, -0.1) is 0 Å². The van der Waals surface area contributed by atoms with Gasteiger partial charge in [-0.05, 0) is 24.3 Å². The number of hydrogen-bond acceptors (Lipinski definition) is 3. The molecule has 2 heterocycles. The quantitative estimate of drug-likeness (QED) is 0.724. The fourth-order valence-corrected chi connectivity index (χ4v) is 1.74. The van der Waals surface area contributed by atoms with Crippen molar-refractivity contribution in [3.05, 3.63) is 49.1 Å². The van der Waals surface area contributed by atoms with Gasteiger partial charge in [-0.25, -0.2) is 0 Å². The molecule has 2 rings (SSSR count). The summed E-state index contributed by atoms with van der Waals surface area (Å²) in [7, 11) is 0. The van der Waals surface area contributed by atoms with E-state index in [-0.39, 0.29) is 0 Å². The van der Waals surface area contributed by atoms with E-state index in [2.05, 4.69) is 9.97 Å². The zero-order chi connectivity index (χ0) is 8.93. The highest BCUT2D eigenvalue weighted by atomic mass is 32.2. The van der Waals surface area contributed by atoms with Crippen LogP contribution in [0.1, 0.15) is 0 Å². The minimum atomic E-state index is 1.13. The van der Waals surface area contributed by atoms with E-state index in [0.29, 0.717) is 0 Å². The summed E-state index contributed by atoms with van der Waals surface area (Å²) in [5, 5.41) is 0. The maximum atomic E-state index is 4.04. The Kier molecular flexibility index (Phi) is 2.57. The Bertz CT molecular complexity index is 324. The predicted molar refractivity (Wildman–Crippen MR) is 52.6 cm³/mol. The molecule has 2 aromatic rings. The predicted octanol–water partition coefficient (Wildman–Crippen LogP) is 2.63. The Balaban J connectivity index is 2.16. The molecule has 0 aromatic carbocycles. The largest absolute Gasteiger partial charge is 0.264 e. The van der Waals surface area contributed by atoms with E-state index in [1.165, 1.54) is 0 Å². The fourth-order valence-electron chi connectivity index (χ4n) is 0.951. The summed E-state index contributed by atoms with van der Waals surface area (Å²) in [5.41, 5.74) is 0. The van der Waals surface area contributed by atoms with E-state index in [1.807, 2.05) is 36.7 Å². The van der Waals surface area contributed by atoms with Crippen molar-refractivity contribution in [1.29, 1.82) is 0 Å². The molecule has 0 aliphatic rings. The van der Waals surface area contributed by atoms with Crippen molar-refractivity contribution in [2.24, 2.45) is 0 Å². The lowest BCUT2D eigenvalue weighted by Crippen LogP contribution is -1.75. The standard InChI is InChI=1S/C10H8N2S/c1-3-9(7-11-5-1)13-10-4-2-6-12-8-10/h1-8H. The van der Waals surface area contributed by atoms with Gasteiger partial charge < -0.3 is 0 Å². The number of pyridine rings is 2. The number of rotatable bonds is 2. The number of nitrogens with zero attached hydrogens (tertiary/aromatic N) is 2. The third kappa shape index (κ3) is 2.29. The van der Waals surface area contributed by atoms with Crippen LogP contribution in [-0.4, -0.2) is 9.97 Å². The minimum Gasteiger partial charge on any atom is -0.264 e. The molecule has 2 aromatic heterocycles. The maximum absolute atomic E-state index is 4.04. The summed E-state index contributed by atoms with van der Waals surface area (Å²) < 4.78 is 0. The second-order valence-corrected chi connectivity index (χ2v) is 3.63. The van der Waals surface area contributed by atoms with Crippen LogP contribution in [0.15, 0.2) is 58.8 Å². The van der Waals surface area contributed by atoms with Crippen LogP contribution in [0.25, 0.3) is 0 Å². The Hall–Kier alpha value is -1.35. The van der Waals surface area contributed by atoms with Crippen LogP contribution in [0.5, 0.6) is 0 Å². The molecule has 13 heavy (non-hydrogen) atoms. The third-order valence-corrected chi connectivity index (χ3v) is 2.46. The third-order valence-electron chi connectivity index (χ3n) is 1.50. The molecule has 0 atom stereocenters. The Labute approximate surface area is 81.1 Å². The molecule has 0 spiro atoms. The normalized spacial score (nSPS) is 9.85. The molecule has 0 unspecified atom stereocenters. The average molecular weight is 188 g/mol. The highest BCUT2D eigenvalue weighted by Crippen LogP contribution is 2.25. The zero-order valence-electron chi connectivity index (χ0n) is 6.92. The fraction of sp³-hybridized carbons (Fsp3) is 0. The molecule has 64 valence electrons. The van der Waals surface area contributed by atoms with Crippen LogP contribution < -0.4 is 0 Å². The van der Waals surface area contributed by atoms with E-state index in [9.17, 15) is 0 Å². The molecule has 0 fully saturated rings. The van der Waals surface area contributed by atoms with Crippen molar-refractivity contribution < 1.29 is 0 Å². The molecular formula is C10H8N2S. The van der Waals surface area contributed by atoms with Crippen LogP contribution in [0, 0.1) is 0 Å². The van der Waals surface area contributed by atoms with Gasteiger partial charge >= 0.3 is 0 Å². The van der Waals surface area contributed by atoms with Gasteiger partial charge in [0.15, 0.2) is 0 Å². The van der Waals surface area contributed by atoms with Crippen molar-refractivity contribution in [2.75, 3.05) is 0 Å². The average Bonchev–Trinajstić information content (AvgIpc) is 2.21. The summed E-state index contributed by atoms with van der Waals surface area (Å²) in [4.78, 5) is 10.3. The SMILES string of the molecule is c1cncc(Sc2cccnc2)c1. The molecule has 0 aliphatic heterocycles. The first-order valence-electron chi connectivity index (χ1n) is 3.93. The summed E-state index contributed by atoms with van der Waals surface area (Å²) in [6, 6.07) is 7.92. The van der Waals surface area contributed by atoms with E-state index >= 15 is 0 Å². The van der Waals surface area contributed by atoms with Crippen molar-refractivity contribution in [3.8, 4) is 0 Å². The van der Waals surface area contributed by atoms with E-state index in [0.717, 1.165) is 9.79 Å². The zero-order valence-corrected chi connectivity index (χ0v) is 7.74. The van der Waals surface area contributed by atoms with Crippen LogP contribution in [0.4, 0.5) is 0 Å².